The van der Waals surface area contributed by atoms with Crippen LogP contribution >= 0.6 is 0 Å². The minimum absolute atomic E-state index is 0.482. The summed E-state index contributed by atoms with van der Waals surface area (Å²) in [6.07, 6.45) is 11.6. The molecule has 0 aliphatic carbocycles. The van der Waals surface area contributed by atoms with E-state index in [1.807, 2.05) is 0 Å². The summed E-state index contributed by atoms with van der Waals surface area (Å²) in [6.45, 7) is 9.01. The summed E-state index contributed by atoms with van der Waals surface area (Å²) in [5, 5.41) is 0. The average Bonchev–Trinajstić information content (AvgIpc) is 2.36. The zero-order valence-corrected chi connectivity index (χ0v) is 12.9. The van der Waals surface area contributed by atoms with Crippen molar-refractivity contribution >= 4 is 0 Å². The number of unbranched alkanes of at least 4 members (excludes halogenated alkanes) is 4. The molecule has 0 bridgehead atoms. The summed E-state index contributed by atoms with van der Waals surface area (Å²) in [5.41, 5.74) is 0. The lowest BCUT2D eigenvalue weighted by Crippen LogP contribution is -2.04. The second-order valence-electron chi connectivity index (χ2n) is 5.38. The van der Waals surface area contributed by atoms with Gasteiger partial charge < -0.3 is 9.47 Å². The first-order chi connectivity index (χ1) is 8.81. The van der Waals surface area contributed by atoms with Gasteiger partial charge in [0.05, 0.1) is 0 Å². The monoisotopic (exact) mass is 258 g/mol. The van der Waals surface area contributed by atoms with Gasteiger partial charge in [-0.25, -0.2) is 0 Å². The molecule has 0 aromatic rings. The van der Waals surface area contributed by atoms with Crippen molar-refractivity contribution in [2.24, 2.45) is 5.92 Å². The van der Waals surface area contributed by atoms with Crippen molar-refractivity contribution in [3.05, 3.63) is 0 Å². The Morgan fingerprint density at radius 3 is 2.06 bits per heavy atom. The predicted octanol–water partition coefficient (Wildman–Crippen LogP) is 5.16. The largest absolute Gasteiger partial charge is 0.355 e. The molecule has 0 aromatic carbocycles. The van der Waals surface area contributed by atoms with Crippen LogP contribution < -0.4 is 0 Å². The van der Waals surface area contributed by atoms with Crippen LogP contribution in [0, 0.1) is 5.92 Å². The van der Waals surface area contributed by atoms with Gasteiger partial charge in [0.25, 0.3) is 0 Å². The van der Waals surface area contributed by atoms with Gasteiger partial charge in [0, 0.05) is 13.2 Å². The van der Waals surface area contributed by atoms with Gasteiger partial charge in [-0.15, -0.1) is 0 Å². The number of hydrogen-bond acceptors (Lipinski definition) is 2. The molecule has 0 fully saturated rings. The third kappa shape index (κ3) is 14.0. The van der Waals surface area contributed by atoms with E-state index in [1.54, 1.807) is 0 Å². The van der Waals surface area contributed by atoms with Crippen LogP contribution in [0.25, 0.3) is 0 Å². The minimum Gasteiger partial charge on any atom is -0.355 e. The number of ether oxygens (including phenoxy) is 2. The first-order valence-corrected chi connectivity index (χ1v) is 7.96. The third-order valence-electron chi connectivity index (χ3n) is 3.33. The molecule has 0 saturated heterocycles. The summed E-state index contributed by atoms with van der Waals surface area (Å²) in [5.74, 6) is 0.845. The summed E-state index contributed by atoms with van der Waals surface area (Å²) in [4.78, 5) is 0. The van der Waals surface area contributed by atoms with E-state index < -0.39 is 0 Å². The lowest BCUT2D eigenvalue weighted by molar-refractivity contribution is -0.0560. The molecule has 0 aromatic heterocycles. The number of rotatable bonds is 14. The molecule has 0 rings (SSSR count). The average molecular weight is 258 g/mol. The molecule has 2 nitrogen and oxygen atoms in total. The van der Waals surface area contributed by atoms with Gasteiger partial charge in [0.1, 0.15) is 6.79 Å². The first kappa shape index (κ1) is 17.9. The highest BCUT2D eigenvalue weighted by Gasteiger charge is 1.99. The lowest BCUT2D eigenvalue weighted by atomic mass is 10.0. The molecule has 18 heavy (non-hydrogen) atoms. The standard InChI is InChI=1S/C16H34O2/c1-4-6-7-8-9-13-17-15-18-14-10-12-16(3)11-5-2/h16H,4-15H2,1-3H3. The zero-order chi connectivity index (χ0) is 13.5. The van der Waals surface area contributed by atoms with E-state index >= 15 is 0 Å². The minimum atomic E-state index is 0.482. The van der Waals surface area contributed by atoms with E-state index in [2.05, 4.69) is 20.8 Å². The normalized spacial score (nSPS) is 12.8. The van der Waals surface area contributed by atoms with Gasteiger partial charge in [-0.05, 0) is 25.2 Å². The van der Waals surface area contributed by atoms with E-state index in [9.17, 15) is 0 Å². The van der Waals surface area contributed by atoms with Crippen LogP contribution in [0.1, 0.15) is 78.6 Å². The quantitative estimate of drug-likeness (QED) is 0.316. The van der Waals surface area contributed by atoms with Crippen molar-refractivity contribution in [3.8, 4) is 0 Å². The molecule has 2 heteroatoms. The van der Waals surface area contributed by atoms with Crippen LogP contribution in [-0.2, 0) is 9.47 Å². The molecular weight excluding hydrogens is 224 g/mol. The van der Waals surface area contributed by atoms with Gasteiger partial charge >= 0.3 is 0 Å². The molecule has 0 N–H and O–H groups in total. The van der Waals surface area contributed by atoms with Crippen molar-refractivity contribution in [3.63, 3.8) is 0 Å². The second-order valence-corrected chi connectivity index (χ2v) is 5.38. The summed E-state index contributed by atoms with van der Waals surface area (Å²) in [6, 6.07) is 0. The van der Waals surface area contributed by atoms with Crippen LogP contribution in [0.15, 0.2) is 0 Å². The Balaban J connectivity index is 2.98. The van der Waals surface area contributed by atoms with Crippen LogP contribution in [0.5, 0.6) is 0 Å². The Morgan fingerprint density at radius 2 is 1.39 bits per heavy atom. The molecule has 0 amide bonds. The Labute approximate surface area is 114 Å². The van der Waals surface area contributed by atoms with Crippen molar-refractivity contribution in [1.29, 1.82) is 0 Å². The third-order valence-corrected chi connectivity index (χ3v) is 3.33. The second kappa shape index (κ2) is 15.0. The molecule has 0 aliphatic rings. The zero-order valence-electron chi connectivity index (χ0n) is 12.9. The van der Waals surface area contributed by atoms with E-state index in [0.29, 0.717) is 6.79 Å². The molecule has 1 unspecified atom stereocenters. The van der Waals surface area contributed by atoms with Gasteiger partial charge in [-0.2, -0.15) is 0 Å². The molecular formula is C16H34O2. The Kier molecular flexibility index (Phi) is 14.9. The van der Waals surface area contributed by atoms with Crippen LogP contribution in [-0.4, -0.2) is 20.0 Å². The van der Waals surface area contributed by atoms with Crippen LogP contribution in [0.4, 0.5) is 0 Å². The smallest absolute Gasteiger partial charge is 0.146 e. The molecule has 110 valence electrons. The first-order valence-electron chi connectivity index (χ1n) is 7.96. The highest BCUT2D eigenvalue weighted by atomic mass is 16.7. The fourth-order valence-corrected chi connectivity index (χ4v) is 2.16. The van der Waals surface area contributed by atoms with Crippen molar-refractivity contribution in [2.45, 2.75) is 78.6 Å². The lowest BCUT2D eigenvalue weighted by Gasteiger charge is -2.10. The highest BCUT2D eigenvalue weighted by molar-refractivity contribution is 4.51. The Morgan fingerprint density at radius 1 is 0.722 bits per heavy atom. The number of hydrogen-bond donors (Lipinski definition) is 0. The SMILES string of the molecule is CCCCCCCOCOCCCC(C)CCC. The summed E-state index contributed by atoms with van der Waals surface area (Å²) >= 11 is 0. The summed E-state index contributed by atoms with van der Waals surface area (Å²) in [7, 11) is 0. The van der Waals surface area contributed by atoms with Crippen molar-refractivity contribution in [2.75, 3.05) is 20.0 Å². The molecule has 1 atom stereocenters. The topological polar surface area (TPSA) is 18.5 Å². The van der Waals surface area contributed by atoms with E-state index in [0.717, 1.165) is 19.1 Å². The van der Waals surface area contributed by atoms with Crippen molar-refractivity contribution < 1.29 is 9.47 Å². The van der Waals surface area contributed by atoms with Crippen molar-refractivity contribution in [1.82, 2.24) is 0 Å². The molecule has 0 radical (unpaired) electrons. The van der Waals surface area contributed by atoms with E-state index in [4.69, 9.17) is 9.47 Å². The van der Waals surface area contributed by atoms with Gasteiger partial charge in [-0.3, -0.25) is 0 Å². The maximum Gasteiger partial charge on any atom is 0.146 e. The van der Waals surface area contributed by atoms with Gasteiger partial charge in [0.15, 0.2) is 0 Å². The molecule has 0 aliphatic heterocycles. The predicted molar refractivity (Wildman–Crippen MR) is 78.8 cm³/mol. The summed E-state index contributed by atoms with van der Waals surface area (Å²) < 4.78 is 10.9. The molecule has 0 spiro atoms. The molecule has 0 saturated carbocycles. The van der Waals surface area contributed by atoms with Crippen LogP contribution in [0.3, 0.4) is 0 Å². The fraction of sp³-hybridized carbons (Fsp3) is 1.00. The maximum absolute atomic E-state index is 5.47. The van der Waals surface area contributed by atoms with Gasteiger partial charge in [0.2, 0.25) is 0 Å². The van der Waals surface area contributed by atoms with E-state index in [1.165, 1.54) is 57.8 Å². The highest BCUT2D eigenvalue weighted by Crippen LogP contribution is 2.11. The fourth-order valence-electron chi connectivity index (χ4n) is 2.16. The van der Waals surface area contributed by atoms with Crippen LogP contribution in [0.2, 0.25) is 0 Å². The maximum atomic E-state index is 5.47. The van der Waals surface area contributed by atoms with Gasteiger partial charge in [-0.1, -0.05) is 59.3 Å². The molecule has 0 heterocycles. The van der Waals surface area contributed by atoms with E-state index in [-0.39, 0.29) is 0 Å². The Bertz CT molecular complexity index is 148. The Hall–Kier alpha value is -0.0800.